The van der Waals surface area contributed by atoms with Crippen molar-refractivity contribution in [2.75, 3.05) is 13.7 Å². The molecule has 21 heavy (non-hydrogen) atoms. The number of hydrogen-bond acceptors (Lipinski definition) is 4. The van der Waals surface area contributed by atoms with Crippen molar-refractivity contribution in [3.05, 3.63) is 53.5 Å². The van der Waals surface area contributed by atoms with Gasteiger partial charge in [-0.15, -0.1) is 0 Å². The maximum atomic E-state index is 14.1. The van der Waals surface area contributed by atoms with Gasteiger partial charge in [-0.25, -0.2) is 13.8 Å². The standard InChI is InChI=1S/C15H17F2N3O/c1-3-7-18-13(10-5-4-6-11(16)12(10)17)14-15(21-2)20-9-8-19-14/h4-6,8-9,13,18H,3,7H2,1-2H3. The van der Waals surface area contributed by atoms with Gasteiger partial charge in [-0.2, -0.15) is 0 Å². The van der Waals surface area contributed by atoms with Crippen LogP contribution in [-0.4, -0.2) is 23.6 Å². The highest BCUT2D eigenvalue weighted by molar-refractivity contribution is 5.34. The molecule has 6 heteroatoms. The van der Waals surface area contributed by atoms with Gasteiger partial charge in [0.15, 0.2) is 11.6 Å². The number of halogens is 2. The highest BCUT2D eigenvalue weighted by atomic mass is 19.2. The molecule has 1 atom stereocenters. The lowest BCUT2D eigenvalue weighted by atomic mass is 10.0. The molecule has 0 bridgehead atoms. The first kappa shape index (κ1) is 15.3. The third-order valence-corrected chi connectivity index (χ3v) is 3.05. The van der Waals surface area contributed by atoms with Crippen LogP contribution in [0, 0.1) is 11.6 Å². The summed E-state index contributed by atoms with van der Waals surface area (Å²) in [4.78, 5) is 8.27. The van der Waals surface area contributed by atoms with Crippen LogP contribution in [0.1, 0.15) is 30.6 Å². The summed E-state index contributed by atoms with van der Waals surface area (Å²) in [6.07, 6.45) is 3.83. The minimum absolute atomic E-state index is 0.183. The van der Waals surface area contributed by atoms with Gasteiger partial charge in [-0.05, 0) is 19.0 Å². The molecule has 4 nitrogen and oxygen atoms in total. The van der Waals surface area contributed by atoms with E-state index in [4.69, 9.17) is 4.74 Å². The van der Waals surface area contributed by atoms with Gasteiger partial charge in [-0.3, -0.25) is 4.98 Å². The zero-order valence-electron chi connectivity index (χ0n) is 11.9. The minimum atomic E-state index is -0.890. The van der Waals surface area contributed by atoms with Gasteiger partial charge in [0.05, 0.1) is 13.2 Å². The molecule has 1 aromatic heterocycles. The van der Waals surface area contributed by atoms with Gasteiger partial charge in [0.2, 0.25) is 5.88 Å². The molecule has 0 saturated heterocycles. The van der Waals surface area contributed by atoms with E-state index in [1.165, 1.54) is 31.6 Å². The van der Waals surface area contributed by atoms with Gasteiger partial charge >= 0.3 is 0 Å². The van der Waals surface area contributed by atoms with Crippen molar-refractivity contribution in [2.24, 2.45) is 0 Å². The molecule has 0 amide bonds. The lowest BCUT2D eigenvalue weighted by Crippen LogP contribution is -2.26. The Morgan fingerprint density at radius 3 is 2.71 bits per heavy atom. The summed E-state index contributed by atoms with van der Waals surface area (Å²) in [7, 11) is 1.46. The van der Waals surface area contributed by atoms with Crippen molar-refractivity contribution in [2.45, 2.75) is 19.4 Å². The van der Waals surface area contributed by atoms with E-state index in [2.05, 4.69) is 15.3 Å². The second-order valence-corrected chi connectivity index (χ2v) is 4.48. The summed E-state index contributed by atoms with van der Waals surface area (Å²) >= 11 is 0. The highest BCUT2D eigenvalue weighted by Crippen LogP contribution is 2.28. The molecule has 1 unspecified atom stereocenters. The van der Waals surface area contributed by atoms with Crippen LogP contribution in [0.5, 0.6) is 5.88 Å². The predicted octanol–water partition coefficient (Wildman–Crippen LogP) is 2.85. The van der Waals surface area contributed by atoms with Crippen molar-refractivity contribution >= 4 is 0 Å². The molecule has 0 fully saturated rings. The SMILES string of the molecule is CCCNC(c1cccc(F)c1F)c1nccnc1OC. The van der Waals surface area contributed by atoms with Gasteiger partial charge in [0.1, 0.15) is 5.69 Å². The molecule has 0 aliphatic rings. The quantitative estimate of drug-likeness (QED) is 0.889. The van der Waals surface area contributed by atoms with Crippen LogP contribution in [0.25, 0.3) is 0 Å². The Kier molecular flexibility index (Phi) is 5.16. The Bertz CT molecular complexity index is 607. The summed E-state index contributed by atoms with van der Waals surface area (Å²) in [5.41, 5.74) is 0.611. The second-order valence-electron chi connectivity index (χ2n) is 4.48. The van der Waals surface area contributed by atoms with E-state index in [0.29, 0.717) is 12.2 Å². The average Bonchev–Trinajstić information content (AvgIpc) is 2.52. The third kappa shape index (κ3) is 3.33. The topological polar surface area (TPSA) is 47.0 Å². The largest absolute Gasteiger partial charge is 0.480 e. The minimum Gasteiger partial charge on any atom is -0.480 e. The van der Waals surface area contributed by atoms with Crippen molar-refractivity contribution in [3.8, 4) is 5.88 Å². The molecule has 0 radical (unpaired) electrons. The monoisotopic (exact) mass is 293 g/mol. The molecular weight excluding hydrogens is 276 g/mol. The van der Waals surface area contributed by atoms with Gasteiger partial charge in [0.25, 0.3) is 0 Å². The van der Waals surface area contributed by atoms with Crippen LogP contribution in [0.2, 0.25) is 0 Å². The number of rotatable bonds is 6. The Labute approximate surface area is 122 Å². The summed E-state index contributed by atoms with van der Waals surface area (Å²) in [5, 5.41) is 3.16. The second kappa shape index (κ2) is 7.08. The lowest BCUT2D eigenvalue weighted by Gasteiger charge is -2.20. The van der Waals surface area contributed by atoms with Gasteiger partial charge in [0, 0.05) is 18.0 Å². The van der Waals surface area contributed by atoms with Crippen LogP contribution in [0.4, 0.5) is 8.78 Å². The van der Waals surface area contributed by atoms with E-state index in [9.17, 15) is 8.78 Å². The van der Waals surface area contributed by atoms with Crippen LogP contribution < -0.4 is 10.1 Å². The number of aromatic nitrogens is 2. The van der Waals surface area contributed by atoms with E-state index < -0.39 is 17.7 Å². The normalized spacial score (nSPS) is 12.2. The molecule has 1 aromatic carbocycles. The predicted molar refractivity (Wildman–Crippen MR) is 75.1 cm³/mol. The van der Waals surface area contributed by atoms with Crippen LogP contribution in [0.15, 0.2) is 30.6 Å². The number of methoxy groups -OCH3 is 1. The first-order valence-corrected chi connectivity index (χ1v) is 6.71. The van der Waals surface area contributed by atoms with E-state index in [1.807, 2.05) is 6.92 Å². The molecule has 0 saturated carbocycles. The highest BCUT2D eigenvalue weighted by Gasteiger charge is 2.24. The van der Waals surface area contributed by atoms with Gasteiger partial charge < -0.3 is 10.1 Å². The lowest BCUT2D eigenvalue weighted by molar-refractivity contribution is 0.380. The first-order valence-electron chi connectivity index (χ1n) is 6.71. The summed E-state index contributed by atoms with van der Waals surface area (Å²) in [6.45, 7) is 2.61. The molecule has 0 aliphatic heterocycles. The number of nitrogens with one attached hydrogen (secondary N) is 1. The molecule has 2 rings (SSSR count). The Morgan fingerprint density at radius 1 is 1.24 bits per heavy atom. The maximum absolute atomic E-state index is 14.1. The van der Waals surface area contributed by atoms with Crippen molar-refractivity contribution in [3.63, 3.8) is 0 Å². The Hall–Kier alpha value is -2.08. The van der Waals surface area contributed by atoms with Crippen LogP contribution >= 0.6 is 0 Å². The van der Waals surface area contributed by atoms with E-state index in [0.717, 1.165) is 12.5 Å². The van der Waals surface area contributed by atoms with E-state index >= 15 is 0 Å². The Morgan fingerprint density at radius 2 is 2.00 bits per heavy atom. The zero-order chi connectivity index (χ0) is 15.2. The van der Waals surface area contributed by atoms with Crippen molar-refractivity contribution in [1.29, 1.82) is 0 Å². The van der Waals surface area contributed by atoms with Crippen LogP contribution in [0.3, 0.4) is 0 Å². The van der Waals surface area contributed by atoms with Crippen molar-refractivity contribution in [1.82, 2.24) is 15.3 Å². The zero-order valence-corrected chi connectivity index (χ0v) is 11.9. The van der Waals surface area contributed by atoms with Crippen molar-refractivity contribution < 1.29 is 13.5 Å². The first-order chi connectivity index (χ1) is 10.2. The molecule has 112 valence electrons. The fraction of sp³-hybridized carbons (Fsp3) is 0.333. The van der Waals surface area contributed by atoms with E-state index in [-0.39, 0.29) is 11.4 Å². The molecule has 0 aliphatic carbocycles. The Balaban J connectivity index is 2.50. The van der Waals surface area contributed by atoms with E-state index in [1.54, 1.807) is 0 Å². The third-order valence-electron chi connectivity index (χ3n) is 3.05. The fourth-order valence-electron chi connectivity index (χ4n) is 2.08. The average molecular weight is 293 g/mol. The number of nitrogens with zero attached hydrogens (tertiary/aromatic N) is 2. The maximum Gasteiger partial charge on any atom is 0.237 e. The molecular formula is C15H17F2N3O. The van der Waals surface area contributed by atoms with Crippen LogP contribution in [-0.2, 0) is 0 Å². The summed E-state index contributed by atoms with van der Waals surface area (Å²) in [5.74, 6) is -1.49. The molecule has 2 aromatic rings. The fourth-order valence-corrected chi connectivity index (χ4v) is 2.08. The summed E-state index contributed by atoms with van der Waals surface area (Å²) < 4.78 is 32.8. The number of hydrogen-bond donors (Lipinski definition) is 1. The number of ether oxygens (including phenoxy) is 1. The smallest absolute Gasteiger partial charge is 0.237 e. The molecule has 1 heterocycles. The summed E-state index contributed by atoms with van der Waals surface area (Å²) in [6, 6.07) is 3.46. The molecule has 0 spiro atoms. The number of benzene rings is 1. The van der Waals surface area contributed by atoms with Gasteiger partial charge in [-0.1, -0.05) is 19.1 Å². The molecule has 1 N–H and O–H groups in total.